The minimum Gasteiger partial charge on any atom is -0.480 e. The van der Waals surface area contributed by atoms with Crippen molar-refractivity contribution in [1.29, 1.82) is 0 Å². The van der Waals surface area contributed by atoms with Gasteiger partial charge in [0.25, 0.3) is 0 Å². The highest BCUT2D eigenvalue weighted by Gasteiger charge is 2.16. The fraction of sp³-hybridized carbons (Fsp3) is 0.375. The molecule has 0 amide bonds. The summed E-state index contributed by atoms with van der Waals surface area (Å²) in [7, 11) is 0. The zero-order valence-electron chi connectivity index (χ0n) is 11.7. The van der Waals surface area contributed by atoms with E-state index in [4.69, 9.17) is 0 Å². The van der Waals surface area contributed by atoms with Crippen LogP contribution in [0.1, 0.15) is 31.7 Å². The van der Waals surface area contributed by atoms with Crippen molar-refractivity contribution in [2.45, 2.75) is 38.8 Å². The standard InChI is InChI=1S/C16H20N2O2/c1-2-3-9-14(16(19)20)18-11-13-7-4-6-12-8-5-10-17-15(12)13/h4-8,10,14,18H,2-3,9,11H2,1H3,(H,19,20). The van der Waals surface area contributed by atoms with Crippen molar-refractivity contribution in [3.63, 3.8) is 0 Å². The summed E-state index contributed by atoms with van der Waals surface area (Å²) in [6.07, 6.45) is 4.33. The van der Waals surface area contributed by atoms with Crippen molar-refractivity contribution in [3.8, 4) is 0 Å². The Bertz CT molecular complexity index is 578. The van der Waals surface area contributed by atoms with Gasteiger partial charge in [-0.25, -0.2) is 0 Å². The van der Waals surface area contributed by atoms with Crippen LogP contribution in [0.25, 0.3) is 10.9 Å². The molecule has 2 rings (SSSR count). The van der Waals surface area contributed by atoms with Crippen molar-refractivity contribution in [3.05, 3.63) is 42.1 Å². The second-order valence-electron chi connectivity index (χ2n) is 4.91. The highest BCUT2D eigenvalue weighted by Crippen LogP contribution is 2.16. The molecule has 1 heterocycles. The molecule has 20 heavy (non-hydrogen) atoms. The number of aliphatic carboxylic acids is 1. The molecule has 0 fully saturated rings. The summed E-state index contributed by atoms with van der Waals surface area (Å²) in [5, 5.41) is 13.4. The molecule has 1 aromatic carbocycles. The van der Waals surface area contributed by atoms with E-state index in [1.54, 1.807) is 6.20 Å². The molecule has 1 atom stereocenters. The van der Waals surface area contributed by atoms with Crippen LogP contribution < -0.4 is 5.32 Å². The van der Waals surface area contributed by atoms with Crippen LogP contribution in [0, 0.1) is 0 Å². The number of aromatic nitrogens is 1. The topological polar surface area (TPSA) is 62.2 Å². The van der Waals surface area contributed by atoms with Crippen LogP contribution in [0.2, 0.25) is 0 Å². The number of hydrogen-bond acceptors (Lipinski definition) is 3. The lowest BCUT2D eigenvalue weighted by molar-refractivity contribution is -0.139. The first-order valence-corrected chi connectivity index (χ1v) is 7.01. The fourth-order valence-electron chi connectivity index (χ4n) is 2.26. The Morgan fingerprint density at radius 2 is 2.15 bits per heavy atom. The quantitative estimate of drug-likeness (QED) is 0.813. The molecule has 2 aromatic rings. The van der Waals surface area contributed by atoms with Crippen LogP contribution in [0.4, 0.5) is 0 Å². The van der Waals surface area contributed by atoms with Gasteiger partial charge < -0.3 is 10.4 Å². The summed E-state index contributed by atoms with van der Waals surface area (Å²) < 4.78 is 0. The van der Waals surface area contributed by atoms with Crippen LogP contribution in [0.3, 0.4) is 0 Å². The van der Waals surface area contributed by atoms with Gasteiger partial charge in [0.1, 0.15) is 6.04 Å². The van der Waals surface area contributed by atoms with Gasteiger partial charge in [-0.05, 0) is 18.1 Å². The third-order valence-corrected chi connectivity index (χ3v) is 3.40. The molecule has 0 saturated carbocycles. The maximum absolute atomic E-state index is 11.2. The number of nitrogens with one attached hydrogen (secondary N) is 1. The molecule has 0 saturated heterocycles. The van der Waals surface area contributed by atoms with Gasteiger partial charge in [0.2, 0.25) is 0 Å². The lowest BCUT2D eigenvalue weighted by Gasteiger charge is -2.14. The van der Waals surface area contributed by atoms with Gasteiger partial charge in [-0.3, -0.25) is 9.78 Å². The first-order valence-electron chi connectivity index (χ1n) is 7.01. The fourth-order valence-corrected chi connectivity index (χ4v) is 2.26. The van der Waals surface area contributed by atoms with E-state index in [2.05, 4.69) is 17.2 Å². The van der Waals surface area contributed by atoms with Gasteiger partial charge in [0, 0.05) is 18.1 Å². The molecule has 0 aliphatic rings. The Kier molecular flexibility index (Phi) is 5.07. The highest BCUT2D eigenvalue weighted by atomic mass is 16.4. The number of rotatable bonds is 7. The molecule has 0 bridgehead atoms. The number of carboxylic acid groups (broad SMARTS) is 1. The molecule has 0 spiro atoms. The van der Waals surface area contributed by atoms with Crippen molar-refractivity contribution in [2.24, 2.45) is 0 Å². The van der Waals surface area contributed by atoms with Crippen LogP contribution in [0.15, 0.2) is 36.5 Å². The monoisotopic (exact) mass is 272 g/mol. The molecule has 0 aliphatic heterocycles. The SMILES string of the molecule is CCCCC(NCc1cccc2cccnc12)C(=O)O. The number of pyridine rings is 1. The number of nitrogens with zero attached hydrogens (tertiary/aromatic N) is 1. The summed E-state index contributed by atoms with van der Waals surface area (Å²) in [6, 6.07) is 9.40. The zero-order valence-corrected chi connectivity index (χ0v) is 11.7. The summed E-state index contributed by atoms with van der Waals surface area (Å²) in [6.45, 7) is 2.59. The van der Waals surface area contributed by atoms with Gasteiger partial charge in [-0.15, -0.1) is 0 Å². The Labute approximate surface area is 118 Å². The number of carboxylic acids is 1. The third-order valence-electron chi connectivity index (χ3n) is 3.40. The first-order chi connectivity index (χ1) is 9.72. The molecular formula is C16H20N2O2. The Hall–Kier alpha value is -1.94. The molecule has 2 N–H and O–H groups in total. The number of benzene rings is 1. The predicted molar refractivity (Wildman–Crippen MR) is 79.5 cm³/mol. The van der Waals surface area contributed by atoms with E-state index in [1.165, 1.54) is 0 Å². The maximum Gasteiger partial charge on any atom is 0.320 e. The number of carbonyl (C=O) groups is 1. The Morgan fingerprint density at radius 1 is 1.35 bits per heavy atom. The van der Waals surface area contributed by atoms with Gasteiger partial charge in [0.15, 0.2) is 0 Å². The summed E-state index contributed by atoms with van der Waals surface area (Å²) in [4.78, 5) is 15.6. The van der Waals surface area contributed by atoms with E-state index >= 15 is 0 Å². The first kappa shape index (κ1) is 14.5. The van der Waals surface area contributed by atoms with Crippen molar-refractivity contribution >= 4 is 16.9 Å². The summed E-state index contributed by atoms with van der Waals surface area (Å²) in [5.41, 5.74) is 1.97. The van der Waals surface area contributed by atoms with E-state index < -0.39 is 12.0 Å². The average molecular weight is 272 g/mol. The smallest absolute Gasteiger partial charge is 0.320 e. The number of fused-ring (bicyclic) bond motifs is 1. The second kappa shape index (κ2) is 7.01. The van der Waals surface area contributed by atoms with Crippen molar-refractivity contribution in [1.82, 2.24) is 10.3 Å². The molecule has 1 unspecified atom stereocenters. The summed E-state index contributed by atoms with van der Waals surface area (Å²) >= 11 is 0. The van der Waals surface area contributed by atoms with Gasteiger partial charge in [-0.2, -0.15) is 0 Å². The number of hydrogen-bond donors (Lipinski definition) is 2. The van der Waals surface area contributed by atoms with E-state index in [1.807, 2.05) is 30.3 Å². The predicted octanol–water partition coefficient (Wildman–Crippen LogP) is 2.97. The molecule has 0 aliphatic carbocycles. The highest BCUT2D eigenvalue weighted by molar-refractivity contribution is 5.81. The number of para-hydroxylation sites is 1. The lowest BCUT2D eigenvalue weighted by Crippen LogP contribution is -2.36. The summed E-state index contributed by atoms with van der Waals surface area (Å²) in [5.74, 6) is -0.786. The average Bonchev–Trinajstić information content (AvgIpc) is 2.47. The molecule has 4 heteroatoms. The van der Waals surface area contributed by atoms with E-state index in [0.717, 1.165) is 29.3 Å². The van der Waals surface area contributed by atoms with Gasteiger partial charge in [0.05, 0.1) is 5.52 Å². The van der Waals surface area contributed by atoms with Crippen LogP contribution in [-0.4, -0.2) is 22.1 Å². The maximum atomic E-state index is 11.2. The molecule has 106 valence electrons. The van der Waals surface area contributed by atoms with Crippen molar-refractivity contribution in [2.75, 3.05) is 0 Å². The van der Waals surface area contributed by atoms with E-state index in [-0.39, 0.29) is 0 Å². The van der Waals surface area contributed by atoms with Gasteiger partial charge in [-0.1, -0.05) is 44.0 Å². The minimum absolute atomic E-state index is 0.492. The Balaban J connectivity index is 2.09. The largest absolute Gasteiger partial charge is 0.480 e. The van der Waals surface area contributed by atoms with E-state index in [9.17, 15) is 9.90 Å². The van der Waals surface area contributed by atoms with Crippen molar-refractivity contribution < 1.29 is 9.90 Å². The second-order valence-corrected chi connectivity index (χ2v) is 4.91. The normalized spacial score (nSPS) is 12.4. The van der Waals surface area contributed by atoms with Crippen LogP contribution in [0.5, 0.6) is 0 Å². The zero-order chi connectivity index (χ0) is 14.4. The van der Waals surface area contributed by atoms with Crippen LogP contribution >= 0.6 is 0 Å². The molecule has 4 nitrogen and oxygen atoms in total. The molecule has 0 radical (unpaired) electrons. The minimum atomic E-state index is -0.786. The third kappa shape index (κ3) is 3.54. The van der Waals surface area contributed by atoms with Gasteiger partial charge >= 0.3 is 5.97 Å². The van der Waals surface area contributed by atoms with Crippen LogP contribution in [-0.2, 0) is 11.3 Å². The molecule has 1 aromatic heterocycles. The molecular weight excluding hydrogens is 252 g/mol. The van der Waals surface area contributed by atoms with E-state index in [0.29, 0.717) is 13.0 Å². The Morgan fingerprint density at radius 3 is 2.90 bits per heavy atom. The number of unbranched alkanes of at least 4 members (excludes halogenated alkanes) is 1. The lowest BCUT2D eigenvalue weighted by atomic mass is 10.1.